The third-order valence-corrected chi connectivity index (χ3v) is 1.77. The maximum atomic E-state index is 13.4. The molecule has 0 amide bonds. The molecule has 3 nitrogen and oxygen atoms in total. The lowest BCUT2D eigenvalue weighted by molar-refractivity contribution is 0.0588. The van der Waals surface area contributed by atoms with Gasteiger partial charge in [0.2, 0.25) is 0 Å². The van der Waals surface area contributed by atoms with Crippen molar-refractivity contribution in [1.29, 1.82) is 0 Å². The first kappa shape index (κ1) is 12.4. The van der Waals surface area contributed by atoms with E-state index in [4.69, 9.17) is 4.74 Å². The number of hydrogen-bond donors (Lipinski definition) is 0. The monoisotopic (exact) mass is 230 g/mol. The van der Waals surface area contributed by atoms with Crippen molar-refractivity contribution in [2.24, 2.45) is 0 Å². The van der Waals surface area contributed by atoms with Gasteiger partial charge in [-0.2, -0.15) is 0 Å². The van der Waals surface area contributed by atoms with E-state index in [0.717, 1.165) is 13.2 Å². The van der Waals surface area contributed by atoms with E-state index in [1.807, 2.05) is 0 Å². The van der Waals surface area contributed by atoms with Crippen LogP contribution in [-0.4, -0.2) is 19.2 Å². The van der Waals surface area contributed by atoms with Gasteiger partial charge < -0.3 is 9.47 Å². The van der Waals surface area contributed by atoms with Crippen molar-refractivity contribution in [2.45, 2.75) is 20.0 Å². The molecule has 5 heteroatoms. The molecule has 16 heavy (non-hydrogen) atoms. The first-order chi connectivity index (χ1) is 7.45. The molecule has 0 heterocycles. The molecular weight excluding hydrogens is 218 g/mol. The number of methoxy groups -OCH3 is 1. The molecule has 0 bridgehead atoms. The topological polar surface area (TPSA) is 35.5 Å². The lowest BCUT2D eigenvalue weighted by Gasteiger charge is -2.13. The summed E-state index contributed by atoms with van der Waals surface area (Å²) in [6.45, 7) is 3.37. The summed E-state index contributed by atoms with van der Waals surface area (Å²) in [6.07, 6.45) is -0.301. The molecule has 0 unspecified atom stereocenters. The zero-order chi connectivity index (χ0) is 12.3. The molecule has 0 atom stereocenters. The van der Waals surface area contributed by atoms with Crippen LogP contribution in [0.1, 0.15) is 24.2 Å². The van der Waals surface area contributed by atoms with Gasteiger partial charge in [0, 0.05) is 12.1 Å². The number of benzene rings is 1. The molecular formula is C11H12F2O3. The van der Waals surface area contributed by atoms with Gasteiger partial charge >= 0.3 is 5.97 Å². The highest BCUT2D eigenvalue weighted by Gasteiger charge is 2.21. The van der Waals surface area contributed by atoms with Crippen LogP contribution in [0.25, 0.3) is 0 Å². The van der Waals surface area contributed by atoms with Gasteiger partial charge in [-0.15, -0.1) is 0 Å². The van der Waals surface area contributed by atoms with E-state index in [2.05, 4.69) is 4.74 Å². The number of rotatable bonds is 3. The van der Waals surface area contributed by atoms with Crippen LogP contribution in [0.2, 0.25) is 0 Å². The molecule has 0 fully saturated rings. The van der Waals surface area contributed by atoms with Crippen molar-refractivity contribution in [3.8, 4) is 5.75 Å². The van der Waals surface area contributed by atoms with E-state index in [1.54, 1.807) is 13.8 Å². The Morgan fingerprint density at radius 3 is 2.44 bits per heavy atom. The number of carbonyl (C=O) groups is 1. The Bertz CT molecular complexity index is 402. The second-order valence-corrected chi connectivity index (χ2v) is 3.42. The van der Waals surface area contributed by atoms with Crippen molar-refractivity contribution >= 4 is 5.97 Å². The summed E-state index contributed by atoms with van der Waals surface area (Å²) in [5.41, 5.74) is -0.391. The molecule has 0 N–H and O–H groups in total. The van der Waals surface area contributed by atoms with E-state index >= 15 is 0 Å². The van der Waals surface area contributed by atoms with E-state index in [0.29, 0.717) is 6.07 Å². The van der Waals surface area contributed by atoms with Gasteiger partial charge in [-0.3, -0.25) is 0 Å². The maximum absolute atomic E-state index is 13.4. The third-order valence-electron chi connectivity index (χ3n) is 1.77. The Morgan fingerprint density at radius 1 is 1.31 bits per heavy atom. The summed E-state index contributed by atoms with van der Waals surface area (Å²) in [5.74, 6) is -2.85. The van der Waals surface area contributed by atoms with Gasteiger partial charge in [-0.1, -0.05) is 0 Å². The van der Waals surface area contributed by atoms with Crippen LogP contribution in [0.3, 0.4) is 0 Å². The fraction of sp³-hybridized carbons (Fsp3) is 0.364. The Kier molecular flexibility index (Phi) is 3.82. The van der Waals surface area contributed by atoms with Crippen LogP contribution >= 0.6 is 0 Å². The van der Waals surface area contributed by atoms with Crippen LogP contribution in [-0.2, 0) is 4.74 Å². The van der Waals surface area contributed by atoms with Crippen molar-refractivity contribution in [3.63, 3.8) is 0 Å². The Labute approximate surface area is 92.0 Å². The number of hydrogen-bond acceptors (Lipinski definition) is 3. The second kappa shape index (κ2) is 4.92. The summed E-state index contributed by atoms with van der Waals surface area (Å²) in [6, 6.07) is 1.56. The smallest absolute Gasteiger partial charge is 0.344 e. The number of carbonyl (C=O) groups excluding carboxylic acids is 1. The van der Waals surface area contributed by atoms with Crippen molar-refractivity contribution < 1.29 is 23.0 Å². The first-order valence-corrected chi connectivity index (χ1v) is 4.69. The molecule has 1 aromatic rings. The van der Waals surface area contributed by atoms with E-state index < -0.39 is 23.2 Å². The van der Waals surface area contributed by atoms with Crippen LogP contribution < -0.4 is 4.74 Å². The highest BCUT2D eigenvalue weighted by molar-refractivity contribution is 5.92. The molecule has 0 radical (unpaired) electrons. The van der Waals surface area contributed by atoms with Gasteiger partial charge in [0.1, 0.15) is 22.9 Å². The number of halogens is 2. The van der Waals surface area contributed by atoms with E-state index in [1.165, 1.54) is 0 Å². The molecule has 0 aliphatic carbocycles. The standard InChI is InChI=1S/C11H12F2O3/c1-6(2)16-9-5-7(12)4-8(13)10(9)11(14)15-3/h4-6H,1-3H3. The lowest BCUT2D eigenvalue weighted by Crippen LogP contribution is -2.13. The Balaban J connectivity index is 3.26. The fourth-order valence-electron chi connectivity index (χ4n) is 1.20. The van der Waals surface area contributed by atoms with Gasteiger partial charge in [0.25, 0.3) is 0 Å². The van der Waals surface area contributed by atoms with Gasteiger partial charge in [0.15, 0.2) is 0 Å². The Morgan fingerprint density at radius 2 is 1.94 bits per heavy atom. The summed E-state index contributed by atoms with van der Waals surface area (Å²) >= 11 is 0. The fourth-order valence-corrected chi connectivity index (χ4v) is 1.20. The maximum Gasteiger partial charge on any atom is 0.344 e. The van der Waals surface area contributed by atoms with Crippen LogP contribution in [0.4, 0.5) is 8.78 Å². The normalized spacial score (nSPS) is 10.4. The minimum Gasteiger partial charge on any atom is -0.490 e. The quantitative estimate of drug-likeness (QED) is 0.748. The highest BCUT2D eigenvalue weighted by atomic mass is 19.1. The molecule has 0 saturated carbocycles. The van der Waals surface area contributed by atoms with Crippen LogP contribution in [0.5, 0.6) is 5.75 Å². The zero-order valence-electron chi connectivity index (χ0n) is 9.21. The molecule has 88 valence electrons. The summed E-state index contributed by atoms with van der Waals surface area (Å²) in [4.78, 5) is 11.3. The number of ether oxygens (including phenoxy) is 2. The largest absolute Gasteiger partial charge is 0.490 e. The summed E-state index contributed by atoms with van der Waals surface area (Å²) in [7, 11) is 1.12. The average Bonchev–Trinajstić information content (AvgIpc) is 2.14. The predicted molar refractivity (Wildman–Crippen MR) is 53.5 cm³/mol. The summed E-state index contributed by atoms with van der Waals surface area (Å²) in [5, 5.41) is 0. The second-order valence-electron chi connectivity index (χ2n) is 3.42. The molecule has 0 spiro atoms. The van der Waals surface area contributed by atoms with Crippen molar-refractivity contribution in [1.82, 2.24) is 0 Å². The molecule has 0 aliphatic heterocycles. The predicted octanol–water partition coefficient (Wildman–Crippen LogP) is 2.54. The zero-order valence-corrected chi connectivity index (χ0v) is 9.21. The lowest BCUT2D eigenvalue weighted by atomic mass is 10.2. The van der Waals surface area contributed by atoms with E-state index in [-0.39, 0.29) is 11.9 Å². The minimum atomic E-state index is -0.998. The van der Waals surface area contributed by atoms with E-state index in [9.17, 15) is 13.6 Å². The van der Waals surface area contributed by atoms with Crippen molar-refractivity contribution in [2.75, 3.05) is 7.11 Å². The van der Waals surface area contributed by atoms with Crippen LogP contribution in [0.15, 0.2) is 12.1 Å². The molecule has 1 rings (SSSR count). The average molecular weight is 230 g/mol. The number of esters is 1. The Hall–Kier alpha value is -1.65. The van der Waals surface area contributed by atoms with Crippen molar-refractivity contribution in [3.05, 3.63) is 29.3 Å². The van der Waals surface area contributed by atoms with Gasteiger partial charge in [-0.25, -0.2) is 13.6 Å². The molecule has 0 saturated heterocycles. The third kappa shape index (κ3) is 2.68. The van der Waals surface area contributed by atoms with Gasteiger partial charge in [0.05, 0.1) is 13.2 Å². The van der Waals surface area contributed by atoms with Crippen LogP contribution in [0, 0.1) is 11.6 Å². The van der Waals surface area contributed by atoms with Gasteiger partial charge in [-0.05, 0) is 13.8 Å². The molecule has 0 aromatic heterocycles. The highest BCUT2D eigenvalue weighted by Crippen LogP contribution is 2.25. The summed E-state index contributed by atoms with van der Waals surface area (Å²) < 4.78 is 35.9. The SMILES string of the molecule is COC(=O)c1c(F)cc(F)cc1OC(C)C. The minimum absolute atomic E-state index is 0.153. The first-order valence-electron chi connectivity index (χ1n) is 4.69. The molecule has 0 aliphatic rings. The molecule has 1 aromatic carbocycles.